The SMILES string of the molecule is C[C@H]1Oc2nc(N3C(=O)c4ccccc4C3c3ccc(F)nc3)ccc2N(C)C1=O. The maximum atomic E-state index is 13.4. The lowest BCUT2D eigenvalue weighted by Gasteiger charge is -2.31. The number of hydrogen-bond donors (Lipinski definition) is 0. The third-order valence-electron chi connectivity index (χ3n) is 5.43. The summed E-state index contributed by atoms with van der Waals surface area (Å²) in [5.41, 5.74) is 2.53. The zero-order valence-corrected chi connectivity index (χ0v) is 16.2. The first-order chi connectivity index (χ1) is 14.5. The van der Waals surface area contributed by atoms with Crippen molar-refractivity contribution in [2.24, 2.45) is 0 Å². The van der Waals surface area contributed by atoms with E-state index in [1.165, 1.54) is 17.2 Å². The van der Waals surface area contributed by atoms with Gasteiger partial charge in [0.1, 0.15) is 11.5 Å². The molecular formula is C22H17FN4O3. The zero-order chi connectivity index (χ0) is 21.0. The predicted octanol–water partition coefficient (Wildman–Crippen LogP) is 3.11. The molecule has 0 radical (unpaired) electrons. The normalized spacial score (nSPS) is 20.1. The van der Waals surface area contributed by atoms with E-state index >= 15 is 0 Å². The largest absolute Gasteiger partial charge is 0.463 e. The minimum Gasteiger partial charge on any atom is -0.463 e. The molecule has 8 heteroatoms. The molecule has 3 aromatic rings. The molecule has 0 fully saturated rings. The number of halogens is 1. The van der Waals surface area contributed by atoms with Crippen LogP contribution in [0.2, 0.25) is 0 Å². The van der Waals surface area contributed by atoms with Crippen LogP contribution in [0.15, 0.2) is 54.7 Å². The number of carbonyl (C=O) groups is 2. The lowest BCUT2D eigenvalue weighted by Crippen LogP contribution is -2.42. The van der Waals surface area contributed by atoms with Crippen molar-refractivity contribution in [3.05, 3.63) is 77.4 Å². The van der Waals surface area contributed by atoms with Crippen LogP contribution in [0, 0.1) is 5.95 Å². The Bertz CT molecular complexity index is 1180. The molecule has 5 rings (SSSR count). The van der Waals surface area contributed by atoms with Gasteiger partial charge in [0.05, 0.1) is 6.04 Å². The number of benzene rings is 1. The molecule has 2 atom stereocenters. The minimum atomic E-state index is -0.672. The average molecular weight is 404 g/mol. The number of likely N-dealkylation sites (N-methyl/N-ethyl adjacent to an activating group) is 1. The molecule has 2 aromatic heterocycles. The van der Waals surface area contributed by atoms with Crippen LogP contribution in [-0.2, 0) is 4.79 Å². The van der Waals surface area contributed by atoms with Crippen LogP contribution in [0.4, 0.5) is 15.9 Å². The van der Waals surface area contributed by atoms with E-state index in [-0.39, 0.29) is 17.7 Å². The molecule has 2 aliphatic rings. The van der Waals surface area contributed by atoms with Crippen LogP contribution in [0.3, 0.4) is 0 Å². The van der Waals surface area contributed by atoms with E-state index in [0.29, 0.717) is 22.6 Å². The van der Waals surface area contributed by atoms with Gasteiger partial charge in [0, 0.05) is 18.8 Å². The summed E-state index contributed by atoms with van der Waals surface area (Å²) in [5, 5.41) is 0. The van der Waals surface area contributed by atoms with Gasteiger partial charge in [0.15, 0.2) is 6.10 Å². The van der Waals surface area contributed by atoms with Gasteiger partial charge in [-0.2, -0.15) is 9.37 Å². The summed E-state index contributed by atoms with van der Waals surface area (Å²) in [4.78, 5) is 36.8. The number of pyridine rings is 2. The number of hydrogen-bond acceptors (Lipinski definition) is 5. The van der Waals surface area contributed by atoms with Gasteiger partial charge >= 0.3 is 0 Å². The van der Waals surface area contributed by atoms with Crippen molar-refractivity contribution in [2.75, 3.05) is 16.8 Å². The second-order valence-electron chi connectivity index (χ2n) is 7.23. The van der Waals surface area contributed by atoms with Gasteiger partial charge < -0.3 is 9.64 Å². The second kappa shape index (κ2) is 6.62. The topological polar surface area (TPSA) is 75.6 Å². The average Bonchev–Trinajstić information content (AvgIpc) is 3.05. The van der Waals surface area contributed by atoms with E-state index in [2.05, 4.69) is 9.97 Å². The van der Waals surface area contributed by atoms with Gasteiger partial charge in [-0.1, -0.05) is 24.3 Å². The number of carbonyl (C=O) groups excluding carboxylic acids is 2. The fourth-order valence-electron chi connectivity index (χ4n) is 3.94. The number of fused-ring (bicyclic) bond motifs is 2. The van der Waals surface area contributed by atoms with E-state index < -0.39 is 18.1 Å². The molecule has 0 spiro atoms. The standard InChI is InChI=1S/C22H17FN4O3/c1-12-21(28)26(2)16-8-10-18(25-20(16)30-12)27-19(13-7-9-17(23)24-11-13)14-5-3-4-6-15(14)22(27)29/h3-12,19H,1-2H3/t12-,19?/m1/s1. The summed E-state index contributed by atoms with van der Waals surface area (Å²) in [7, 11) is 1.66. The predicted molar refractivity (Wildman–Crippen MR) is 107 cm³/mol. The van der Waals surface area contributed by atoms with Crippen molar-refractivity contribution >= 4 is 23.3 Å². The first-order valence-corrected chi connectivity index (χ1v) is 9.45. The van der Waals surface area contributed by atoms with Crippen LogP contribution < -0.4 is 14.5 Å². The fraction of sp³-hybridized carbons (Fsp3) is 0.182. The highest BCUT2D eigenvalue weighted by Crippen LogP contribution is 2.42. The van der Waals surface area contributed by atoms with Crippen molar-refractivity contribution in [3.63, 3.8) is 0 Å². The second-order valence-corrected chi connectivity index (χ2v) is 7.23. The Morgan fingerprint density at radius 2 is 1.87 bits per heavy atom. The number of amides is 2. The number of aromatic nitrogens is 2. The quantitative estimate of drug-likeness (QED) is 0.614. The highest BCUT2D eigenvalue weighted by atomic mass is 19.1. The summed E-state index contributed by atoms with van der Waals surface area (Å²) in [6.07, 6.45) is 0.750. The van der Waals surface area contributed by atoms with Gasteiger partial charge in [-0.15, -0.1) is 0 Å². The number of nitrogens with zero attached hydrogens (tertiary/aromatic N) is 4. The fourth-order valence-corrected chi connectivity index (χ4v) is 3.94. The van der Waals surface area contributed by atoms with E-state index in [0.717, 1.165) is 5.56 Å². The molecule has 0 bridgehead atoms. The van der Waals surface area contributed by atoms with Crippen LogP contribution in [-0.4, -0.2) is 34.9 Å². The Morgan fingerprint density at radius 1 is 1.07 bits per heavy atom. The van der Waals surface area contributed by atoms with Crippen molar-refractivity contribution in [1.29, 1.82) is 0 Å². The summed E-state index contributed by atoms with van der Waals surface area (Å²) >= 11 is 0. The van der Waals surface area contributed by atoms with Crippen molar-refractivity contribution in [3.8, 4) is 5.88 Å². The van der Waals surface area contributed by atoms with Gasteiger partial charge in [-0.05, 0) is 42.3 Å². The van der Waals surface area contributed by atoms with Crippen LogP contribution >= 0.6 is 0 Å². The number of anilines is 2. The van der Waals surface area contributed by atoms with E-state index in [1.807, 2.05) is 12.1 Å². The van der Waals surface area contributed by atoms with E-state index in [4.69, 9.17) is 4.74 Å². The van der Waals surface area contributed by atoms with Crippen molar-refractivity contribution in [2.45, 2.75) is 19.1 Å². The molecule has 1 aromatic carbocycles. The molecule has 7 nitrogen and oxygen atoms in total. The summed E-state index contributed by atoms with van der Waals surface area (Å²) in [6, 6.07) is 13.0. The van der Waals surface area contributed by atoms with E-state index in [1.54, 1.807) is 49.2 Å². The molecule has 0 saturated carbocycles. The smallest absolute Gasteiger partial charge is 0.267 e. The molecule has 2 aliphatic heterocycles. The van der Waals surface area contributed by atoms with Gasteiger partial charge in [-0.3, -0.25) is 14.5 Å². The van der Waals surface area contributed by atoms with Gasteiger partial charge in [-0.25, -0.2) is 4.98 Å². The monoisotopic (exact) mass is 404 g/mol. The molecular weight excluding hydrogens is 387 g/mol. The summed E-state index contributed by atoms with van der Waals surface area (Å²) in [6.45, 7) is 1.65. The third-order valence-corrected chi connectivity index (χ3v) is 5.43. The Balaban J connectivity index is 1.64. The van der Waals surface area contributed by atoms with Crippen LogP contribution in [0.1, 0.15) is 34.5 Å². The maximum Gasteiger partial charge on any atom is 0.267 e. The van der Waals surface area contributed by atoms with Crippen molar-refractivity contribution < 1.29 is 18.7 Å². The molecule has 0 saturated heterocycles. The molecule has 30 heavy (non-hydrogen) atoms. The highest BCUT2D eigenvalue weighted by Gasteiger charge is 2.40. The van der Waals surface area contributed by atoms with Crippen LogP contribution in [0.25, 0.3) is 0 Å². The lowest BCUT2D eigenvalue weighted by molar-refractivity contribution is -0.125. The molecule has 150 valence electrons. The molecule has 1 unspecified atom stereocenters. The lowest BCUT2D eigenvalue weighted by atomic mass is 9.99. The first kappa shape index (κ1) is 18.2. The maximum absolute atomic E-state index is 13.4. The Labute approximate surface area is 171 Å². The number of ether oxygens (including phenoxy) is 1. The zero-order valence-electron chi connectivity index (χ0n) is 16.2. The molecule has 2 amide bonds. The van der Waals surface area contributed by atoms with Crippen molar-refractivity contribution in [1.82, 2.24) is 9.97 Å². The Kier molecular flexibility index (Phi) is 4.02. The van der Waals surface area contributed by atoms with Crippen LogP contribution in [0.5, 0.6) is 5.88 Å². The van der Waals surface area contributed by atoms with Gasteiger partial charge in [0.25, 0.3) is 11.8 Å². The summed E-state index contributed by atoms with van der Waals surface area (Å²) in [5.74, 6) is -0.330. The Hall–Kier alpha value is -3.81. The van der Waals surface area contributed by atoms with E-state index in [9.17, 15) is 14.0 Å². The number of rotatable bonds is 2. The van der Waals surface area contributed by atoms with Gasteiger partial charge in [0.2, 0.25) is 11.8 Å². The molecule has 0 N–H and O–H groups in total. The first-order valence-electron chi connectivity index (χ1n) is 9.45. The third kappa shape index (κ3) is 2.64. The highest BCUT2D eigenvalue weighted by molar-refractivity contribution is 6.11. The molecule has 4 heterocycles. The minimum absolute atomic E-state index is 0.169. The summed E-state index contributed by atoms with van der Waals surface area (Å²) < 4.78 is 19.1. The molecule has 0 aliphatic carbocycles. The Morgan fingerprint density at radius 3 is 2.63 bits per heavy atom.